The fraction of sp³-hybridized carbons (Fsp3) is 0.292. The average molecular weight is 533 g/mol. The van der Waals surface area contributed by atoms with Gasteiger partial charge >= 0.3 is 0 Å². The van der Waals surface area contributed by atoms with E-state index in [1.54, 1.807) is 25.6 Å². The van der Waals surface area contributed by atoms with Crippen LogP contribution in [0.4, 0.5) is 8.78 Å². The van der Waals surface area contributed by atoms with Gasteiger partial charge in [0.15, 0.2) is 5.69 Å². The number of ether oxygens (including phenoxy) is 1. The number of nitrogens with one attached hydrogen (secondary N) is 1. The Morgan fingerprint density at radius 1 is 1.24 bits per heavy atom. The first-order valence-corrected chi connectivity index (χ1v) is 11.4. The van der Waals surface area contributed by atoms with Crippen molar-refractivity contribution in [3.8, 4) is 17.0 Å². The maximum Gasteiger partial charge on any atom is 0.275 e. The van der Waals surface area contributed by atoms with Crippen LogP contribution in [0.25, 0.3) is 11.3 Å². The van der Waals surface area contributed by atoms with Crippen molar-refractivity contribution >= 4 is 27.7 Å². The summed E-state index contributed by atoms with van der Waals surface area (Å²) in [5.41, 5.74) is 2.10. The second-order valence-corrected chi connectivity index (χ2v) is 9.26. The van der Waals surface area contributed by atoms with E-state index in [4.69, 9.17) is 4.74 Å². The van der Waals surface area contributed by atoms with Crippen LogP contribution in [0.2, 0.25) is 0 Å². The number of hydrogen-bond acceptors (Lipinski definition) is 4. The molecule has 1 aliphatic heterocycles. The second kappa shape index (κ2) is 9.54. The van der Waals surface area contributed by atoms with Crippen LogP contribution in [0.1, 0.15) is 35.5 Å². The normalized spacial score (nSPS) is 12.1. The van der Waals surface area contributed by atoms with E-state index in [0.717, 1.165) is 38.8 Å². The van der Waals surface area contributed by atoms with E-state index in [1.165, 1.54) is 0 Å². The lowest BCUT2D eigenvalue weighted by molar-refractivity contribution is -0.122. The van der Waals surface area contributed by atoms with Crippen molar-refractivity contribution in [2.24, 2.45) is 7.05 Å². The van der Waals surface area contributed by atoms with Gasteiger partial charge in [-0.15, -0.1) is 0 Å². The molecule has 1 N–H and O–H groups in total. The molecule has 0 radical (unpaired) electrons. The number of nitrogens with zero attached hydrogens (tertiary/aromatic N) is 3. The van der Waals surface area contributed by atoms with Crippen LogP contribution >= 0.6 is 15.9 Å². The van der Waals surface area contributed by atoms with Gasteiger partial charge in [-0.25, -0.2) is 8.78 Å². The third kappa shape index (κ3) is 4.82. The monoisotopic (exact) mass is 532 g/mol. The molecule has 1 aliphatic rings. The summed E-state index contributed by atoms with van der Waals surface area (Å²) in [6.07, 6.45) is 0. The first-order chi connectivity index (χ1) is 16.1. The molecule has 34 heavy (non-hydrogen) atoms. The summed E-state index contributed by atoms with van der Waals surface area (Å²) in [5.74, 6) is -1.65. The standard InChI is InChI=1S/C24H23BrF2N4O3/c1-13(2)28-21(32)11-31(10-14-8-16(26)5-6-19(14)27)24(33)22-18-12-34-20-7-4-15(25)9-17(20)23(18)30(3)29-22/h4-9,13H,10-12H2,1-3H3,(H,28,32). The largest absolute Gasteiger partial charge is 0.488 e. The molecule has 7 nitrogen and oxygen atoms in total. The lowest BCUT2D eigenvalue weighted by atomic mass is 10.0. The molecule has 0 atom stereocenters. The van der Waals surface area contributed by atoms with Crippen molar-refractivity contribution in [1.82, 2.24) is 20.0 Å². The van der Waals surface area contributed by atoms with Crippen molar-refractivity contribution in [1.29, 1.82) is 0 Å². The van der Waals surface area contributed by atoms with Gasteiger partial charge in [-0.05, 0) is 50.2 Å². The molecule has 0 fully saturated rings. The Morgan fingerprint density at radius 2 is 2.00 bits per heavy atom. The number of carbonyl (C=O) groups excluding carboxylic acids is 2. The molecule has 2 amide bonds. The van der Waals surface area contributed by atoms with Crippen LogP contribution in [-0.2, 0) is 25.0 Å². The lowest BCUT2D eigenvalue weighted by Crippen LogP contribution is -2.43. The van der Waals surface area contributed by atoms with Gasteiger partial charge < -0.3 is 15.0 Å². The molecule has 0 saturated carbocycles. The highest BCUT2D eigenvalue weighted by Gasteiger charge is 2.32. The van der Waals surface area contributed by atoms with E-state index in [0.29, 0.717) is 11.3 Å². The van der Waals surface area contributed by atoms with E-state index in [2.05, 4.69) is 26.3 Å². The third-order valence-electron chi connectivity index (χ3n) is 5.36. The number of aromatic nitrogens is 2. The lowest BCUT2D eigenvalue weighted by Gasteiger charge is -2.24. The van der Waals surface area contributed by atoms with Crippen molar-refractivity contribution in [2.45, 2.75) is 33.0 Å². The highest BCUT2D eigenvalue weighted by atomic mass is 79.9. The first kappa shape index (κ1) is 23.9. The first-order valence-electron chi connectivity index (χ1n) is 10.6. The molecule has 4 rings (SSSR count). The Kier molecular flexibility index (Phi) is 6.70. The number of aryl methyl sites for hydroxylation is 1. The van der Waals surface area contributed by atoms with E-state index >= 15 is 0 Å². The van der Waals surface area contributed by atoms with Crippen molar-refractivity contribution in [3.63, 3.8) is 0 Å². The van der Waals surface area contributed by atoms with Gasteiger partial charge in [-0.1, -0.05) is 15.9 Å². The molecule has 0 aliphatic carbocycles. The van der Waals surface area contributed by atoms with Crippen LogP contribution in [0.15, 0.2) is 40.9 Å². The molecule has 2 aromatic carbocycles. The van der Waals surface area contributed by atoms with Gasteiger partial charge in [0, 0.05) is 40.8 Å². The molecule has 0 bridgehead atoms. The minimum Gasteiger partial charge on any atom is -0.488 e. The van der Waals surface area contributed by atoms with Gasteiger partial charge in [0.25, 0.3) is 5.91 Å². The fourth-order valence-corrected chi connectivity index (χ4v) is 4.30. The van der Waals surface area contributed by atoms with Gasteiger partial charge in [0.05, 0.1) is 5.69 Å². The van der Waals surface area contributed by atoms with Crippen LogP contribution in [0.5, 0.6) is 5.75 Å². The Bertz CT molecular complexity index is 1280. The van der Waals surface area contributed by atoms with Crippen LogP contribution in [-0.4, -0.2) is 39.1 Å². The summed E-state index contributed by atoms with van der Waals surface area (Å²) >= 11 is 3.45. The summed E-state index contributed by atoms with van der Waals surface area (Å²) < 4.78 is 36.4. The van der Waals surface area contributed by atoms with Gasteiger partial charge in [0.2, 0.25) is 5.91 Å². The van der Waals surface area contributed by atoms with E-state index < -0.39 is 23.4 Å². The molecule has 0 unspecified atom stereocenters. The maximum atomic E-state index is 14.4. The zero-order valence-corrected chi connectivity index (χ0v) is 20.4. The molecule has 2 heterocycles. The second-order valence-electron chi connectivity index (χ2n) is 8.35. The molecule has 3 aromatic rings. The number of carbonyl (C=O) groups is 2. The highest BCUT2D eigenvalue weighted by molar-refractivity contribution is 9.10. The zero-order chi connectivity index (χ0) is 24.6. The predicted octanol–water partition coefficient (Wildman–Crippen LogP) is 4.19. The van der Waals surface area contributed by atoms with E-state index in [9.17, 15) is 18.4 Å². The summed E-state index contributed by atoms with van der Waals surface area (Å²) in [6.45, 7) is 3.04. The molecule has 0 spiro atoms. The summed E-state index contributed by atoms with van der Waals surface area (Å²) in [4.78, 5) is 27.3. The summed E-state index contributed by atoms with van der Waals surface area (Å²) in [6, 6.07) is 8.41. The number of hydrogen-bond donors (Lipinski definition) is 1. The Labute approximate surface area is 203 Å². The van der Waals surface area contributed by atoms with Crippen molar-refractivity contribution in [2.75, 3.05) is 6.54 Å². The van der Waals surface area contributed by atoms with Gasteiger partial charge in [-0.2, -0.15) is 5.10 Å². The van der Waals surface area contributed by atoms with Gasteiger partial charge in [0.1, 0.15) is 30.5 Å². The van der Waals surface area contributed by atoms with E-state index in [-0.39, 0.29) is 37.0 Å². The van der Waals surface area contributed by atoms with Crippen LogP contribution in [0, 0.1) is 11.6 Å². The number of benzene rings is 2. The molecular formula is C24H23BrF2N4O3. The minimum absolute atomic E-state index is 0.0407. The van der Waals surface area contributed by atoms with Crippen molar-refractivity contribution in [3.05, 3.63) is 69.3 Å². The van der Waals surface area contributed by atoms with Crippen LogP contribution < -0.4 is 10.1 Å². The van der Waals surface area contributed by atoms with Crippen LogP contribution in [0.3, 0.4) is 0 Å². The Balaban J connectivity index is 1.73. The zero-order valence-electron chi connectivity index (χ0n) is 18.9. The topological polar surface area (TPSA) is 76.5 Å². The molecular weight excluding hydrogens is 510 g/mol. The summed E-state index contributed by atoms with van der Waals surface area (Å²) in [7, 11) is 1.72. The SMILES string of the molecule is CC(C)NC(=O)CN(Cc1cc(F)ccc1F)C(=O)c1nn(C)c2c1COc1ccc(Br)cc1-2. The number of halogens is 3. The number of rotatable bonds is 6. The highest BCUT2D eigenvalue weighted by Crippen LogP contribution is 2.40. The smallest absolute Gasteiger partial charge is 0.275 e. The fourth-order valence-electron chi connectivity index (χ4n) is 3.94. The molecule has 178 valence electrons. The number of fused-ring (bicyclic) bond motifs is 3. The Hall–Kier alpha value is -3.27. The molecule has 10 heteroatoms. The quantitative estimate of drug-likeness (QED) is 0.516. The molecule has 0 saturated heterocycles. The van der Waals surface area contributed by atoms with E-state index in [1.807, 2.05) is 18.2 Å². The minimum atomic E-state index is -0.673. The Morgan fingerprint density at radius 3 is 2.74 bits per heavy atom. The average Bonchev–Trinajstić information content (AvgIpc) is 3.11. The third-order valence-corrected chi connectivity index (χ3v) is 5.85. The summed E-state index contributed by atoms with van der Waals surface area (Å²) in [5, 5.41) is 7.14. The van der Waals surface area contributed by atoms with Gasteiger partial charge in [-0.3, -0.25) is 14.3 Å². The molecule has 1 aromatic heterocycles. The number of amides is 2. The van der Waals surface area contributed by atoms with Crippen molar-refractivity contribution < 1.29 is 23.1 Å². The maximum absolute atomic E-state index is 14.4. The predicted molar refractivity (Wildman–Crippen MR) is 125 cm³/mol.